The zero-order valence-electron chi connectivity index (χ0n) is 13.9. The molecule has 1 unspecified atom stereocenters. The number of likely N-dealkylation sites (N-methyl/N-ethyl adjacent to an activating group) is 1. The molecule has 0 aliphatic carbocycles. The first-order chi connectivity index (χ1) is 9.45. The van der Waals surface area contributed by atoms with E-state index < -0.39 is 0 Å². The molecule has 3 heteroatoms. The molecule has 114 valence electrons. The fourth-order valence-corrected chi connectivity index (χ4v) is 2.39. The maximum atomic E-state index is 5.09. The number of benzene rings is 1. The molecular formula is C17H30N2O. The Balaban J connectivity index is 2.47. The second-order valence-corrected chi connectivity index (χ2v) is 5.76. The molecule has 0 amide bonds. The van der Waals surface area contributed by atoms with Crippen LogP contribution in [0.1, 0.15) is 35.2 Å². The van der Waals surface area contributed by atoms with Crippen molar-refractivity contribution in [3.05, 3.63) is 34.4 Å². The van der Waals surface area contributed by atoms with Crippen molar-refractivity contribution in [2.45, 2.75) is 33.7 Å². The molecular weight excluding hydrogens is 248 g/mol. The van der Waals surface area contributed by atoms with Gasteiger partial charge in [-0.2, -0.15) is 0 Å². The smallest absolute Gasteiger partial charge is 0.0589 e. The van der Waals surface area contributed by atoms with Crippen molar-refractivity contribution < 1.29 is 4.74 Å². The van der Waals surface area contributed by atoms with Gasteiger partial charge in [0.1, 0.15) is 0 Å². The van der Waals surface area contributed by atoms with Crippen molar-refractivity contribution >= 4 is 0 Å². The summed E-state index contributed by atoms with van der Waals surface area (Å²) < 4.78 is 5.09. The highest BCUT2D eigenvalue weighted by Crippen LogP contribution is 2.21. The molecule has 1 atom stereocenters. The van der Waals surface area contributed by atoms with E-state index in [2.05, 4.69) is 57.1 Å². The molecule has 0 bridgehead atoms. The van der Waals surface area contributed by atoms with Crippen LogP contribution < -0.4 is 5.32 Å². The first-order valence-corrected chi connectivity index (χ1v) is 7.44. The van der Waals surface area contributed by atoms with Gasteiger partial charge < -0.3 is 15.0 Å². The van der Waals surface area contributed by atoms with Crippen LogP contribution in [0.3, 0.4) is 0 Å². The van der Waals surface area contributed by atoms with Gasteiger partial charge in [0.05, 0.1) is 6.61 Å². The molecule has 20 heavy (non-hydrogen) atoms. The molecule has 0 aliphatic heterocycles. The highest BCUT2D eigenvalue weighted by molar-refractivity contribution is 5.37. The summed E-state index contributed by atoms with van der Waals surface area (Å²) >= 11 is 0. The lowest BCUT2D eigenvalue weighted by molar-refractivity contribution is 0.161. The number of methoxy groups -OCH3 is 1. The van der Waals surface area contributed by atoms with Gasteiger partial charge in [-0.15, -0.1) is 0 Å². The summed E-state index contributed by atoms with van der Waals surface area (Å²) in [5.74, 6) is 0. The molecule has 0 saturated heterocycles. The van der Waals surface area contributed by atoms with Crippen LogP contribution in [0, 0.1) is 20.8 Å². The summed E-state index contributed by atoms with van der Waals surface area (Å²) in [5, 5.41) is 3.61. The molecule has 0 spiro atoms. The third kappa shape index (κ3) is 5.23. The third-order valence-corrected chi connectivity index (χ3v) is 3.97. The van der Waals surface area contributed by atoms with Crippen molar-refractivity contribution in [2.75, 3.05) is 40.4 Å². The number of ether oxygens (including phenoxy) is 1. The first kappa shape index (κ1) is 17.2. The zero-order valence-corrected chi connectivity index (χ0v) is 13.9. The predicted molar refractivity (Wildman–Crippen MR) is 86.4 cm³/mol. The molecule has 0 radical (unpaired) electrons. The molecule has 0 aliphatic rings. The third-order valence-electron chi connectivity index (χ3n) is 3.97. The zero-order chi connectivity index (χ0) is 15.1. The highest BCUT2D eigenvalue weighted by atomic mass is 16.5. The fraction of sp³-hybridized carbons (Fsp3) is 0.647. The van der Waals surface area contributed by atoms with Crippen molar-refractivity contribution in [3.63, 3.8) is 0 Å². The summed E-state index contributed by atoms with van der Waals surface area (Å²) in [6, 6.07) is 5.00. The van der Waals surface area contributed by atoms with Gasteiger partial charge in [0.25, 0.3) is 0 Å². The fourth-order valence-electron chi connectivity index (χ4n) is 2.39. The SMILES string of the molecule is COCCN(C)CCNC(C)c1cc(C)c(C)cc1C. The van der Waals surface area contributed by atoms with Gasteiger partial charge in [0.2, 0.25) is 0 Å². The molecule has 1 N–H and O–H groups in total. The number of aryl methyl sites for hydroxylation is 3. The van der Waals surface area contributed by atoms with Crippen LogP contribution in [-0.2, 0) is 4.74 Å². The second-order valence-electron chi connectivity index (χ2n) is 5.76. The number of hydrogen-bond donors (Lipinski definition) is 1. The van der Waals surface area contributed by atoms with E-state index in [4.69, 9.17) is 4.74 Å². The normalized spacial score (nSPS) is 12.9. The van der Waals surface area contributed by atoms with E-state index in [0.717, 1.165) is 26.2 Å². The number of rotatable bonds is 8. The Morgan fingerprint density at radius 2 is 1.75 bits per heavy atom. The summed E-state index contributed by atoms with van der Waals surface area (Å²) in [7, 11) is 3.88. The van der Waals surface area contributed by atoms with Crippen LogP contribution in [0.25, 0.3) is 0 Å². The largest absolute Gasteiger partial charge is 0.383 e. The van der Waals surface area contributed by atoms with E-state index in [1.54, 1.807) is 7.11 Å². The van der Waals surface area contributed by atoms with Crippen molar-refractivity contribution in [1.82, 2.24) is 10.2 Å². The molecule has 0 fully saturated rings. The Hall–Kier alpha value is -0.900. The number of nitrogens with one attached hydrogen (secondary N) is 1. The highest BCUT2D eigenvalue weighted by Gasteiger charge is 2.09. The van der Waals surface area contributed by atoms with Crippen LogP contribution >= 0.6 is 0 Å². The van der Waals surface area contributed by atoms with Gasteiger partial charge >= 0.3 is 0 Å². The molecule has 3 nitrogen and oxygen atoms in total. The van der Waals surface area contributed by atoms with Crippen molar-refractivity contribution in [3.8, 4) is 0 Å². The van der Waals surface area contributed by atoms with E-state index in [9.17, 15) is 0 Å². The van der Waals surface area contributed by atoms with Crippen LogP contribution in [0.15, 0.2) is 12.1 Å². The number of hydrogen-bond acceptors (Lipinski definition) is 3. The lowest BCUT2D eigenvalue weighted by atomic mass is 9.96. The Kier molecular flexibility index (Phi) is 7.20. The molecule has 0 heterocycles. The van der Waals surface area contributed by atoms with Crippen LogP contribution in [0.2, 0.25) is 0 Å². The maximum absolute atomic E-state index is 5.09. The lowest BCUT2D eigenvalue weighted by Gasteiger charge is -2.21. The minimum atomic E-state index is 0.394. The van der Waals surface area contributed by atoms with Gasteiger partial charge in [-0.1, -0.05) is 12.1 Å². The monoisotopic (exact) mass is 278 g/mol. The second kappa shape index (κ2) is 8.40. The quantitative estimate of drug-likeness (QED) is 0.791. The summed E-state index contributed by atoms with van der Waals surface area (Å²) in [5.41, 5.74) is 5.53. The topological polar surface area (TPSA) is 24.5 Å². The standard InChI is InChI=1S/C17H30N2O/c1-13-11-15(3)17(12-14(13)2)16(4)18-7-8-19(5)9-10-20-6/h11-12,16,18H,7-10H2,1-6H3. The maximum Gasteiger partial charge on any atom is 0.0589 e. The van der Waals surface area contributed by atoms with Crippen LogP contribution in [0.4, 0.5) is 0 Å². The van der Waals surface area contributed by atoms with E-state index in [1.807, 2.05) is 0 Å². The van der Waals surface area contributed by atoms with Crippen molar-refractivity contribution in [2.24, 2.45) is 0 Å². The van der Waals surface area contributed by atoms with E-state index >= 15 is 0 Å². The minimum Gasteiger partial charge on any atom is -0.383 e. The van der Waals surface area contributed by atoms with Gasteiger partial charge in [-0.25, -0.2) is 0 Å². The molecule has 1 aromatic carbocycles. The molecule has 1 aromatic rings. The molecule has 0 saturated carbocycles. The van der Waals surface area contributed by atoms with Crippen LogP contribution in [0.5, 0.6) is 0 Å². The van der Waals surface area contributed by atoms with E-state index in [0.29, 0.717) is 6.04 Å². The van der Waals surface area contributed by atoms with Gasteiger partial charge in [-0.05, 0) is 57.0 Å². The lowest BCUT2D eigenvalue weighted by Crippen LogP contribution is -2.32. The first-order valence-electron chi connectivity index (χ1n) is 7.44. The Bertz CT molecular complexity index is 418. The van der Waals surface area contributed by atoms with Crippen LogP contribution in [-0.4, -0.2) is 45.3 Å². The Morgan fingerprint density at radius 3 is 2.40 bits per heavy atom. The van der Waals surface area contributed by atoms with Crippen molar-refractivity contribution in [1.29, 1.82) is 0 Å². The average Bonchev–Trinajstić information content (AvgIpc) is 2.40. The van der Waals surface area contributed by atoms with E-state index in [-0.39, 0.29) is 0 Å². The minimum absolute atomic E-state index is 0.394. The van der Waals surface area contributed by atoms with Gasteiger partial charge in [0.15, 0.2) is 0 Å². The van der Waals surface area contributed by atoms with E-state index in [1.165, 1.54) is 22.3 Å². The summed E-state index contributed by atoms with van der Waals surface area (Å²) in [4.78, 5) is 2.29. The molecule has 0 aromatic heterocycles. The summed E-state index contributed by atoms with van der Waals surface area (Å²) in [6.07, 6.45) is 0. The Labute approximate surface area is 124 Å². The van der Waals surface area contributed by atoms with Gasteiger partial charge in [0, 0.05) is 32.8 Å². The predicted octanol–water partition coefficient (Wildman–Crippen LogP) is 2.84. The average molecular weight is 278 g/mol. The molecule has 1 rings (SSSR count). The summed E-state index contributed by atoms with van der Waals surface area (Å²) in [6.45, 7) is 12.6. The number of nitrogens with zero attached hydrogens (tertiary/aromatic N) is 1. The Morgan fingerprint density at radius 1 is 1.10 bits per heavy atom. The van der Waals surface area contributed by atoms with Gasteiger partial charge in [-0.3, -0.25) is 0 Å².